The molecule has 8 nitrogen and oxygen atoms in total. The summed E-state index contributed by atoms with van der Waals surface area (Å²) >= 11 is 0. The molecule has 1 aromatic carbocycles. The van der Waals surface area contributed by atoms with E-state index in [0.29, 0.717) is 29.6 Å². The smallest absolute Gasteiger partial charge is 0.223 e. The summed E-state index contributed by atoms with van der Waals surface area (Å²) in [5, 5.41) is 7.41. The monoisotopic (exact) mass is 416 g/mol. The van der Waals surface area contributed by atoms with Crippen molar-refractivity contribution in [2.24, 2.45) is 0 Å². The minimum Gasteiger partial charge on any atom is -0.497 e. The van der Waals surface area contributed by atoms with E-state index in [1.165, 1.54) is 0 Å². The van der Waals surface area contributed by atoms with Crippen molar-refractivity contribution < 1.29 is 9.26 Å². The van der Waals surface area contributed by atoms with Crippen molar-refractivity contribution >= 4 is 5.95 Å². The number of benzene rings is 1. The zero-order chi connectivity index (χ0) is 21.8. The molecule has 0 unspecified atom stereocenters. The highest BCUT2D eigenvalue weighted by molar-refractivity contribution is 5.78. The van der Waals surface area contributed by atoms with E-state index in [2.05, 4.69) is 32.3 Å². The number of rotatable bonds is 7. The maximum absolute atomic E-state index is 5.64. The fourth-order valence-corrected chi connectivity index (χ4v) is 3.28. The van der Waals surface area contributed by atoms with E-state index in [-0.39, 0.29) is 0 Å². The predicted octanol–water partition coefficient (Wildman–Crippen LogP) is 4.39. The zero-order valence-corrected chi connectivity index (χ0v) is 18.0. The summed E-state index contributed by atoms with van der Waals surface area (Å²) in [6.45, 7) is 6.47. The van der Waals surface area contributed by atoms with E-state index in [1.807, 2.05) is 38.1 Å². The fourth-order valence-electron chi connectivity index (χ4n) is 3.28. The fraction of sp³-hybridized carbons (Fsp3) is 0.261. The van der Waals surface area contributed by atoms with Gasteiger partial charge in [-0.05, 0) is 38.0 Å². The van der Waals surface area contributed by atoms with Crippen molar-refractivity contribution in [2.75, 3.05) is 12.4 Å². The maximum Gasteiger partial charge on any atom is 0.223 e. The first-order chi connectivity index (χ1) is 15.1. The third-order valence-corrected chi connectivity index (χ3v) is 5.00. The first-order valence-electron chi connectivity index (χ1n) is 10.1. The lowest BCUT2D eigenvalue weighted by atomic mass is 10.0. The highest BCUT2D eigenvalue weighted by atomic mass is 16.5. The molecular weight excluding hydrogens is 392 g/mol. The Hall–Kier alpha value is -3.81. The van der Waals surface area contributed by atoms with E-state index in [9.17, 15) is 0 Å². The molecule has 8 heteroatoms. The van der Waals surface area contributed by atoms with Crippen LogP contribution in [0, 0.1) is 13.8 Å². The summed E-state index contributed by atoms with van der Waals surface area (Å²) in [4.78, 5) is 18.1. The van der Waals surface area contributed by atoms with Crippen LogP contribution in [0.5, 0.6) is 5.75 Å². The Kier molecular flexibility index (Phi) is 5.88. The topological polar surface area (TPSA) is 98.9 Å². The van der Waals surface area contributed by atoms with Crippen molar-refractivity contribution in [3.05, 3.63) is 65.4 Å². The van der Waals surface area contributed by atoms with Crippen LogP contribution in [0.3, 0.4) is 0 Å². The van der Waals surface area contributed by atoms with Gasteiger partial charge in [0.1, 0.15) is 17.1 Å². The van der Waals surface area contributed by atoms with Crippen LogP contribution in [0.15, 0.2) is 47.4 Å². The normalized spacial score (nSPS) is 10.8. The quantitative estimate of drug-likeness (QED) is 0.474. The Balaban J connectivity index is 1.70. The number of hydrogen-bond acceptors (Lipinski definition) is 8. The molecule has 0 spiro atoms. The lowest BCUT2D eigenvalue weighted by Gasteiger charge is -2.11. The minimum atomic E-state index is 0.492. The van der Waals surface area contributed by atoms with Crippen LogP contribution in [0.25, 0.3) is 22.7 Å². The van der Waals surface area contributed by atoms with Crippen molar-refractivity contribution in [3.63, 3.8) is 0 Å². The molecule has 31 heavy (non-hydrogen) atoms. The van der Waals surface area contributed by atoms with E-state index in [0.717, 1.165) is 40.2 Å². The highest BCUT2D eigenvalue weighted by Gasteiger charge is 2.20. The third-order valence-electron chi connectivity index (χ3n) is 5.00. The molecule has 0 atom stereocenters. The Bertz CT molecular complexity index is 1170. The molecular formula is C23H24N6O2. The number of nitrogens with zero attached hydrogens (tertiary/aromatic N) is 5. The SMILES string of the molecule is CCc1c(C)noc1-c1cnc(NCc2ccc(OC)cc2)nc1-c1cnc(C)cn1. The molecule has 0 saturated heterocycles. The van der Waals surface area contributed by atoms with Crippen LogP contribution in [0.1, 0.15) is 29.4 Å². The van der Waals surface area contributed by atoms with Gasteiger partial charge in [-0.1, -0.05) is 24.2 Å². The maximum atomic E-state index is 5.64. The molecule has 0 aliphatic rings. The number of aromatic nitrogens is 5. The van der Waals surface area contributed by atoms with Crippen LogP contribution in [-0.2, 0) is 13.0 Å². The van der Waals surface area contributed by atoms with Crippen LogP contribution < -0.4 is 10.1 Å². The lowest BCUT2D eigenvalue weighted by molar-refractivity contribution is 0.414. The molecule has 0 bridgehead atoms. The summed E-state index contributed by atoms with van der Waals surface area (Å²) in [6, 6.07) is 7.84. The average Bonchev–Trinajstić information content (AvgIpc) is 3.18. The molecule has 0 aliphatic heterocycles. The molecule has 0 aliphatic carbocycles. The first kappa shape index (κ1) is 20.5. The van der Waals surface area contributed by atoms with Crippen molar-refractivity contribution in [1.29, 1.82) is 0 Å². The second kappa shape index (κ2) is 8.91. The van der Waals surface area contributed by atoms with Gasteiger partial charge in [0.15, 0.2) is 5.76 Å². The van der Waals surface area contributed by atoms with Gasteiger partial charge >= 0.3 is 0 Å². The number of aryl methyl sites for hydroxylation is 2. The molecule has 0 amide bonds. The van der Waals surface area contributed by atoms with Crippen molar-refractivity contribution in [2.45, 2.75) is 33.7 Å². The summed E-state index contributed by atoms with van der Waals surface area (Å²) in [7, 11) is 1.65. The average molecular weight is 416 g/mol. The summed E-state index contributed by atoms with van der Waals surface area (Å²) < 4.78 is 10.8. The van der Waals surface area contributed by atoms with E-state index >= 15 is 0 Å². The molecule has 1 N–H and O–H groups in total. The van der Waals surface area contributed by atoms with Gasteiger partial charge in [0, 0.05) is 24.5 Å². The Morgan fingerprint density at radius 1 is 1.00 bits per heavy atom. The number of nitrogens with one attached hydrogen (secondary N) is 1. The summed E-state index contributed by atoms with van der Waals surface area (Å²) in [6.07, 6.45) is 5.97. The van der Waals surface area contributed by atoms with Gasteiger partial charge in [-0.15, -0.1) is 0 Å². The van der Waals surface area contributed by atoms with Gasteiger partial charge in [0.05, 0.1) is 30.3 Å². The molecule has 158 valence electrons. The van der Waals surface area contributed by atoms with Crippen molar-refractivity contribution in [1.82, 2.24) is 25.1 Å². The predicted molar refractivity (Wildman–Crippen MR) is 118 cm³/mol. The van der Waals surface area contributed by atoms with Crippen LogP contribution in [0.4, 0.5) is 5.95 Å². The Morgan fingerprint density at radius 2 is 1.81 bits per heavy atom. The Morgan fingerprint density at radius 3 is 2.48 bits per heavy atom. The molecule has 4 rings (SSSR count). The second-order valence-electron chi connectivity index (χ2n) is 7.13. The van der Waals surface area contributed by atoms with Gasteiger partial charge in [-0.25, -0.2) is 9.97 Å². The molecule has 0 radical (unpaired) electrons. The Labute approximate surface area is 180 Å². The van der Waals surface area contributed by atoms with Crippen molar-refractivity contribution in [3.8, 4) is 28.5 Å². The molecule has 3 heterocycles. The molecule has 0 fully saturated rings. The van der Waals surface area contributed by atoms with E-state index in [4.69, 9.17) is 14.2 Å². The van der Waals surface area contributed by atoms with Gasteiger partial charge in [0.25, 0.3) is 0 Å². The summed E-state index contributed by atoms with van der Waals surface area (Å²) in [5.74, 6) is 1.98. The van der Waals surface area contributed by atoms with E-state index in [1.54, 1.807) is 25.7 Å². The van der Waals surface area contributed by atoms with Gasteiger partial charge in [-0.2, -0.15) is 0 Å². The molecule has 4 aromatic rings. The highest BCUT2D eigenvalue weighted by Crippen LogP contribution is 2.33. The van der Waals surface area contributed by atoms with Gasteiger partial charge < -0.3 is 14.6 Å². The number of methoxy groups -OCH3 is 1. The third kappa shape index (κ3) is 4.37. The number of anilines is 1. The number of ether oxygens (including phenoxy) is 1. The van der Waals surface area contributed by atoms with Gasteiger partial charge in [-0.3, -0.25) is 9.97 Å². The van der Waals surface area contributed by atoms with Crippen LogP contribution >= 0.6 is 0 Å². The molecule has 3 aromatic heterocycles. The van der Waals surface area contributed by atoms with Crippen LogP contribution in [-0.4, -0.2) is 32.2 Å². The van der Waals surface area contributed by atoms with Crippen LogP contribution in [0.2, 0.25) is 0 Å². The number of hydrogen-bond donors (Lipinski definition) is 1. The molecule has 0 saturated carbocycles. The summed E-state index contributed by atoms with van der Waals surface area (Å²) in [5.41, 5.74) is 5.85. The standard InChI is InChI=1S/C23H24N6O2/c1-5-18-15(3)29-31-22(18)19-12-27-23(26-11-16-6-8-17(30-4)9-7-16)28-21(19)20-13-24-14(2)10-25-20/h6-10,12-13H,5,11H2,1-4H3,(H,26,27,28). The largest absolute Gasteiger partial charge is 0.497 e. The van der Waals surface area contributed by atoms with E-state index < -0.39 is 0 Å². The first-order valence-corrected chi connectivity index (χ1v) is 10.1. The minimum absolute atomic E-state index is 0.492. The lowest BCUT2D eigenvalue weighted by Crippen LogP contribution is -2.06. The second-order valence-corrected chi connectivity index (χ2v) is 7.13. The zero-order valence-electron chi connectivity index (χ0n) is 18.0. The van der Waals surface area contributed by atoms with Gasteiger partial charge in [0.2, 0.25) is 5.95 Å².